The fourth-order valence-corrected chi connectivity index (χ4v) is 2.66. The first kappa shape index (κ1) is 18.3. The lowest BCUT2D eigenvalue weighted by Crippen LogP contribution is -2.07. The van der Waals surface area contributed by atoms with Crippen molar-refractivity contribution in [1.29, 1.82) is 0 Å². The van der Waals surface area contributed by atoms with Gasteiger partial charge in [0.2, 0.25) is 0 Å². The highest BCUT2D eigenvalue weighted by Crippen LogP contribution is 2.32. The highest BCUT2D eigenvalue weighted by atomic mass is 14.2. The second-order valence-electron chi connectivity index (χ2n) is 7.98. The first-order valence-corrected chi connectivity index (χ1v) is 8.75. The Morgan fingerprint density at radius 2 is 1.21 bits per heavy atom. The Kier molecular flexibility index (Phi) is 5.49. The van der Waals surface area contributed by atoms with Crippen molar-refractivity contribution < 1.29 is 0 Å². The van der Waals surface area contributed by atoms with Gasteiger partial charge in [-0.2, -0.15) is 0 Å². The van der Waals surface area contributed by atoms with E-state index in [9.17, 15) is 0 Å². The van der Waals surface area contributed by atoms with E-state index in [0.717, 1.165) is 6.42 Å². The molecule has 126 valence electrons. The zero-order chi connectivity index (χ0) is 17.9. The van der Waals surface area contributed by atoms with E-state index in [1.165, 1.54) is 33.4 Å². The maximum atomic E-state index is 4.24. The van der Waals surface area contributed by atoms with Crippen molar-refractivity contribution in [3.63, 3.8) is 0 Å². The average Bonchev–Trinajstić information content (AvgIpc) is 2.54. The van der Waals surface area contributed by atoms with Gasteiger partial charge in [-0.3, -0.25) is 0 Å². The Morgan fingerprint density at radius 1 is 0.792 bits per heavy atom. The normalized spacial score (nSPS) is 11.6. The number of hydrogen-bond donors (Lipinski definition) is 0. The Bertz CT molecular complexity index is 704. The molecule has 2 aromatic rings. The molecule has 0 unspecified atom stereocenters. The summed E-state index contributed by atoms with van der Waals surface area (Å²) >= 11 is 0. The van der Waals surface area contributed by atoms with Crippen molar-refractivity contribution in [2.75, 3.05) is 0 Å². The van der Waals surface area contributed by atoms with E-state index >= 15 is 0 Å². The molecule has 2 rings (SSSR count). The number of benzene rings is 2. The standard InChI is InChI=1S/C24H30/c1-17(2)18(3)22-12-8-20(9-13-22)16-21-10-14-23(15-11-21)19(4)24(5,6)7/h8-15,17H,3-4,16H2,1-2,5-7H3. The molecular weight excluding hydrogens is 288 g/mol. The molecule has 0 atom stereocenters. The van der Waals surface area contributed by atoms with Gasteiger partial charge in [0, 0.05) is 0 Å². The molecule has 0 saturated heterocycles. The maximum absolute atomic E-state index is 4.24. The molecule has 0 heteroatoms. The molecule has 0 aromatic heterocycles. The summed E-state index contributed by atoms with van der Waals surface area (Å²) in [6, 6.07) is 17.6. The summed E-state index contributed by atoms with van der Waals surface area (Å²) in [4.78, 5) is 0. The highest BCUT2D eigenvalue weighted by Gasteiger charge is 2.16. The highest BCUT2D eigenvalue weighted by molar-refractivity contribution is 5.67. The predicted molar refractivity (Wildman–Crippen MR) is 108 cm³/mol. The zero-order valence-electron chi connectivity index (χ0n) is 15.8. The van der Waals surface area contributed by atoms with Gasteiger partial charge >= 0.3 is 0 Å². The summed E-state index contributed by atoms with van der Waals surface area (Å²) in [5, 5.41) is 0. The fraction of sp³-hybridized carbons (Fsp3) is 0.333. The minimum atomic E-state index is 0.107. The number of allylic oxidation sites excluding steroid dienone is 2. The quantitative estimate of drug-likeness (QED) is 0.556. The largest absolute Gasteiger partial charge is 0.0950 e. The Balaban J connectivity index is 2.09. The summed E-state index contributed by atoms with van der Waals surface area (Å²) < 4.78 is 0. The van der Waals surface area contributed by atoms with Crippen LogP contribution in [0.15, 0.2) is 61.7 Å². The predicted octanol–water partition coefficient (Wildman–Crippen LogP) is 7.01. The molecule has 0 aliphatic heterocycles. The summed E-state index contributed by atoms with van der Waals surface area (Å²) in [5.41, 5.74) is 7.63. The molecule has 0 bridgehead atoms. The van der Waals surface area contributed by atoms with Crippen molar-refractivity contribution in [3.05, 3.63) is 83.9 Å². The van der Waals surface area contributed by atoms with Crippen molar-refractivity contribution >= 4 is 11.1 Å². The Hall–Kier alpha value is -2.08. The number of hydrogen-bond acceptors (Lipinski definition) is 0. The second kappa shape index (κ2) is 7.21. The molecule has 0 saturated carbocycles. The van der Waals surface area contributed by atoms with E-state index in [0.29, 0.717) is 5.92 Å². The van der Waals surface area contributed by atoms with Crippen LogP contribution in [0.5, 0.6) is 0 Å². The molecule has 0 N–H and O–H groups in total. The third kappa shape index (κ3) is 4.47. The summed E-state index contributed by atoms with van der Waals surface area (Å²) in [6.45, 7) is 19.4. The van der Waals surface area contributed by atoms with E-state index in [4.69, 9.17) is 0 Å². The molecule has 0 spiro atoms. The van der Waals surface area contributed by atoms with Gasteiger partial charge in [0.25, 0.3) is 0 Å². The van der Waals surface area contributed by atoms with Gasteiger partial charge in [-0.15, -0.1) is 0 Å². The van der Waals surface area contributed by atoms with Gasteiger partial charge in [0.15, 0.2) is 0 Å². The minimum absolute atomic E-state index is 0.107. The van der Waals surface area contributed by atoms with Crippen LogP contribution in [0.1, 0.15) is 56.9 Å². The SMILES string of the molecule is C=C(c1ccc(Cc2ccc(C(=C)C(C)(C)C)cc2)cc1)C(C)C. The van der Waals surface area contributed by atoms with Gasteiger partial charge in [-0.05, 0) is 51.2 Å². The lowest BCUT2D eigenvalue weighted by atomic mass is 9.83. The van der Waals surface area contributed by atoms with Crippen LogP contribution in [0, 0.1) is 11.3 Å². The van der Waals surface area contributed by atoms with Crippen LogP contribution in [-0.4, -0.2) is 0 Å². The topological polar surface area (TPSA) is 0 Å². The van der Waals surface area contributed by atoms with Crippen LogP contribution in [0.2, 0.25) is 0 Å². The third-order valence-electron chi connectivity index (χ3n) is 4.64. The first-order valence-electron chi connectivity index (χ1n) is 8.75. The second-order valence-corrected chi connectivity index (χ2v) is 7.98. The molecule has 0 aliphatic rings. The van der Waals surface area contributed by atoms with Gasteiger partial charge in [-0.1, -0.05) is 96.3 Å². The summed E-state index contributed by atoms with van der Waals surface area (Å²) in [6.07, 6.45) is 0.955. The fourth-order valence-electron chi connectivity index (χ4n) is 2.66. The van der Waals surface area contributed by atoms with Crippen LogP contribution in [0.4, 0.5) is 0 Å². The van der Waals surface area contributed by atoms with E-state index in [1.807, 2.05) is 0 Å². The van der Waals surface area contributed by atoms with Crippen LogP contribution < -0.4 is 0 Å². The smallest absolute Gasteiger partial charge is 0.00258 e. The van der Waals surface area contributed by atoms with Crippen molar-refractivity contribution in [2.45, 2.75) is 41.0 Å². The van der Waals surface area contributed by atoms with E-state index in [1.54, 1.807) is 0 Å². The molecule has 0 aliphatic carbocycles. The molecule has 0 heterocycles. The van der Waals surface area contributed by atoms with Gasteiger partial charge < -0.3 is 0 Å². The van der Waals surface area contributed by atoms with E-state index in [2.05, 4.69) is 96.3 Å². The van der Waals surface area contributed by atoms with Crippen LogP contribution in [0.25, 0.3) is 11.1 Å². The molecule has 2 aromatic carbocycles. The average molecular weight is 319 g/mol. The molecule has 0 nitrogen and oxygen atoms in total. The van der Waals surface area contributed by atoms with Crippen LogP contribution in [-0.2, 0) is 6.42 Å². The lowest BCUT2D eigenvalue weighted by Gasteiger charge is -2.22. The molecule has 24 heavy (non-hydrogen) atoms. The van der Waals surface area contributed by atoms with E-state index in [-0.39, 0.29) is 5.41 Å². The molecule has 0 fully saturated rings. The lowest BCUT2D eigenvalue weighted by molar-refractivity contribution is 0.568. The maximum Gasteiger partial charge on any atom is -0.00258 e. The third-order valence-corrected chi connectivity index (χ3v) is 4.64. The van der Waals surface area contributed by atoms with Crippen molar-refractivity contribution in [3.8, 4) is 0 Å². The molecule has 0 amide bonds. The van der Waals surface area contributed by atoms with Crippen molar-refractivity contribution in [1.82, 2.24) is 0 Å². The Morgan fingerprint density at radius 3 is 1.58 bits per heavy atom. The molecular formula is C24H30. The summed E-state index contributed by atoms with van der Waals surface area (Å²) in [7, 11) is 0. The van der Waals surface area contributed by atoms with Gasteiger partial charge in [-0.25, -0.2) is 0 Å². The number of rotatable bonds is 5. The molecule has 0 radical (unpaired) electrons. The summed E-state index contributed by atoms with van der Waals surface area (Å²) in [5.74, 6) is 0.485. The van der Waals surface area contributed by atoms with Crippen LogP contribution in [0.3, 0.4) is 0 Å². The van der Waals surface area contributed by atoms with Gasteiger partial charge in [0.05, 0.1) is 0 Å². The first-order chi connectivity index (χ1) is 11.2. The van der Waals surface area contributed by atoms with Gasteiger partial charge in [0.1, 0.15) is 0 Å². The minimum Gasteiger partial charge on any atom is -0.0950 e. The van der Waals surface area contributed by atoms with E-state index < -0.39 is 0 Å². The Labute approximate surface area is 147 Å². The monoisotopic (exact) mass is 318 g/mol. The van der Waals surface area contributed by atoms with Crippen LogP contribution >= 0.6 is 0 Å². The van der Waals surface area contributed by atoms with Crippen molar-refractivity contribution in [2.24, 2.45) is 11.3 Å². The zero-order valence-corrected chi connectivity index (χ0v) is 15.8.